The SMILES string of the molecule is CNCc1nnc(C(=O)N2CCN(Cc3cnc[nH]3)CC2)o1.COc1cc(C)c(S)c(C)c1. The van der Waals surface area contributed by atoms with Crippen molar-refractivity contribution < 1.29 is 13.9 Å². The number of piperazine rings is 1. The third-order valence-electron chi connectivity index (χ3n) is 5.29. The van der Waals surface area contributed by atoms with Crippen LogP contribution in [0.4, 0.5) is 0 Å². The van der Waals surface area contributed by atoms with Gasteiger partial charge in [0, 0.05) is 49.5 Å². The molecule has 2 aromatic heterocycles. The van der Waals surface area contributed by atoms with E-state index in [1.807, 2.05) is 32.2 Å². The Hall–Kier alpha value is -2.89. The molecule has 11 heteroatoms. The van der Waals surface area contributed by atoms with Gasteiger partial charge in [0.05, 0.1) is 20.0 Å². The van der Waals surface area contributed by atoms with Gasteiger partial charge in [0.25, 0.3) is 0 Å². The van der Waals surface area contributed by atoms with Gasteiger partial charge < -0.3 is 24.4 Å². The molecular formula is C22H31N7O3S. The lowest BCUT2D eigenvalue weighted by Crippen LogP contribution is -2.48. The first-order valence-corrected chi connectivity index (χ1v) is 11.2. The normalized spacial score (nSPS) is 14.0. The van der Waals surface area contributed by atoms with Crippen molar-refractivity contribution >= 4 is 18.5 Å². The number of H-pyrrole nitrogens is 1. The molecule has 1 saturated heterocycles. The fourth-order valence-electron chi connectivity index (χ4n) is 3.45. The Balaban J connectivity index is 0.000000235. The minimum atomic E-state index is -0.198. The Bertz CT molecular complexity index is 1010. The molecule has 0 radical (unpaired) electrons. The largest absolute Gasteiger partial charge is 0.497 e. The van der Waals surface area contributed by atoms with E-state index in [4.69, 9.17) is 9.15 Å². The number of hydrogen-bond acceptors (Lipinski definition) is 9. The van der Waals surface area contributed by atoms with Gasteiger partial charge in [-0.05, 0) is 44.2 Å². The summed E-state index contributed by atoms with van der Waals surface area (Å²) in [5, 5.41) is 10.6. The van der Waals surface area contributed by atoms with Gasteiger partial charge in [0.2, 0.25) is 5.89 Å². The molecule has 10 nitrogen and oxygen atoms in total. The van der Waals surface area contributed by atoms with E-state index < -0.39 is 0 Å². The molecule has 4 rings (SSSR count). The minimum absolute atomic E-state index is 0.0623. The average Bonchev–Trinajstić information content (AvgIpc) is 3.50. The zero-order chi connectivity index (χ0) is 23.8. The Labute approximate surface area is 199 Å². The predicted octanol–water partition coefficient (Wildman–Crippen LogP) is 2.07. The first-order chi connectivity index (χ1) is 15.9. The van der Waals surface area contributed by atoms with E-state index in [1.165, 1.54) is 0 Å². The summed E-state index contributed by atoms with van der Waals surface area (Å²) in [6.07, 6.45) is 3.49. The number of rotatable bonds is 6. The molecular weight excluding hydrogens is 442 g/mol. The first-order valence-electron chi connectivity index (χ1n) is 10.7. The van der Waals surface area contributed by atoms with Crippen LogP contribution in [0.25, 0.3) is 0 Å². The van der Waals surface area contributed by atoms with Gasteiger partial charge >= 0.3 is 11.8 Å². The van der Waals surface area contributed by atoms with Gasteiger partial charge in [-0.15, -0.1) is 22.8 Å². The molecule has 0 spiro atoms. The van der Waals surface area contributed by atoms with E-state index in [0.29, 0.717) is 25.5 Å². The smallest absolute Gasteiger partial charge is 0.311 e. The zero-order valence-corrected chi connectivity index (χ0v) is 20.4. The van der Waals surface area contributed by atoms with Gasteiger partial charge in [-0.3, -0.25) is 9.69 Å². The van der Waals surface area contributed by atoms with E-state index >= 15 is 0 Å². The molecule has 0 atom stereocenters. The summed E-state index contributed by atoms with van der Waals surface area (Å²) < 4.78 is 10.4. The molecule has 3 heterocycles. The quantitative estimate of drug-likeness (QED) is 0.467. The molecule has 1 amide bonds. The fraction of sp³-hybridized carbons (Fsp3) is 0.455. The van der Waals surface area contributed by atoms with Crippen LogP contribution >= 0.6 is 12.6 Å². The van der Waals surface area contributed by atoms with E-state index in [1.54, 1.807) is 25.4 Å². The average molecular weight is 474 g/mol. The zero-order valence-electron chi connectivity index (χ0n) is 19.5. The molecule has 1 aliphatic heterocycles. The van der Waals surface area contributed by atoms with Crippen molar-refractivity contribution in [3.05, 3.63) is 53.3 Å². The van der Waals surface area contributed by atoms with Gasteiger partial charge in [0.15, 0.2) is 0 Å². The lowest BCUT2D eigenvalue weighted by molar-refractivity contribution is 0.0586. The van der Waals surface area contributed by atoms with Crippen LogP contribution in [0.5, 0.6) is 5.75 Å². The standard InChI is InChI=1S/C13H19N7O2.C9H12OS/c1-14-7-11-17-18-12(22-11)13(21)20-4-2-19(3-5-20)8-10-6-15-9-16-10;1-6-4-8(10-3)5-7(2)9(6)11/h6,9,14H,2-5,7-8H2,1H3,(H,15,16);4-5,11H,1-3H3. The first kappa shape index (κ1) is 24.7. The third kappa shape index (κ3) is 6.80. The summed E-state index contributed by atoms with van der Waals surface area (Å²) in [6, 6.07) is 3.96. The summed E-state index contributed by atoms with van der Waals surface area (Å²) >= 11 is 4.34. The number of aryl methyl sites for hydroxylation is 2. The number of ether oxygens (including phenoxy) is 1. The summed E-state index contributed by atoms with van der Waals surface area (Å²) in [6.45, 7) is 8.24. The van der Waals surface area contributed by atoms with Gasteiger partial charge in [-0.25, -0.2) is 4.98 Å². The van der Waals surface area contributed by atoms with Crippen molar-refractivity contribution in [2.24, 2.45) is 0 Å². The fourth-order valence-corrected chi connectivity index (χ4v) is 3.58. The molecule has 0 unspecified atom stereocenters. The van der Waals surface area contributed by atoms with E-state index in [9.17, 15) is 4.79 Å². The summed E-state index contributed by atoms with van der Waals surface area (Å²) in [7, 11) is 3.46. The van der Waals surface area contributed by atoms with Crippen molar-refractivity contribution in [2.75, 3.05) is 40.3 Å². The Morgan fingerprint density at radius 3 is 2.48 bits per heavy atom. The number of thiol groups is 1. The second-order valence-corrected chi connectivity index (χ2v) is 8.23. The molecule has 2 N–H and O–H groups in total. The van der Waals surface area contributed by atoms with Crippen molar-refractivity contribution in [1.29, 1.82) is 0 Å². The van der Waals surface area contributed by atoms with E-state index in [0.717, 1.165) is 47.1 Å². The molecule has 178 valence electrons. The van der Waals surface area contributed by atoms with E-state index in [-0.39, 0.29) is 11.8 Å². The van der Waals surface area contributed by atoms with E-state index in [2.05, 4.69) is 43.0 Å². The van der Waals surface area contributed by atoms with Crippen molar-refractivity contribution in [3.8, 4) is 5.75 Å². The second kappa shape index (κ2) is 11.8. The summed E-state index contributed by atoms with van der Waals surface area (Å²) in [4.78, 5) is 24.5. The van der Waals surface area contributed by atoms with Crippen LogP contribution in [0, 0.1) is 13.8 Å². The van der Waals surface area contributed by atoms with Gasteiger partial charge in [0.1, 0.15) is 5.75 Å². The maximum Gasteiger partial charge on any atom is 0.311 e. The second-order valence-electron chi connectivity index (χ2n) is 7.79. The Morgan fingerprint density at radius 1 is 1.21 bits per heavy atom. The van der Waals surface area contributed by atoms with Crippen molar-refractivity contribution in [2.45, 2.75) is 31.8 Å². The maximum atomic E-state index is 12.3. The predicted molar refractivity (Wildman–Crippen MR) is 127 cm³/mol. The van der Waals surface area contributed by atoms with Crippen LogP contribution in [0.15, 0.2) is 34.0 Å². The number of nitrogens with zero attached hydrogens (tertiary/aromatic N) is 5. The van der Waals surface area contributed by atoms with Gasteiger partial charge in [-0.2, -0.15) is 0 Å². The lowest BCUT2D eigenvalue weighted by Gasteiger charge is -2.33. The molecule has 33 heavy (non-hydrogen) atoms. The number of aromatic nitrogens is 4. The third-order valence-corrected chi connectivity index (χ3v) is 5.99. The molecule has 3 aromatic rings. The Morgan fingerprint density at radius 2 is 1.91 bits per heavy atom. The highest BCUT2D eigenvalue weighted by Gasteiger charge is 2.26. The lowest BCUT2D eigenvalue weighted by atomic mass is 10.1. The van der Waals surface area contributed by atoms with Crippen LogP contribution in [-0.4, -0.2) is 76.2 Å². The molecule has 0 saturated carbocycles. The minimum Gasteiger partial charge on any atom is -0.497 e. The van der Waals surface area contributed by atoms with Gasteiger partial charge in [-0.1, -0.05) is 0 Å². The highest BCUT2D eigenvalue weighted by molar-refractivity contribution is 7.80. The number of imidazole rings is 1. The highest BCUT2D eigenvalue weighted by atomic mass is 32.1. The number of aromatic amines is 1. The molecule has 1 fully saturated rings. The molecule has 0 bridgehead atoms. The number of amides is 1. The number of hydrogen-bond donors (Lipinski definition) is 3. The number of nitrogens with one attached hydrogen (secondary N) is 2. The number of methoxy groups -OCH3 is 1. The molecule has 0 aliphatic carbocycles. The summed E-state index contributed by atoms with van der Waals surface area (Å²) in [5.74, 6) is 1.19. The number of carbonyl (C=O) groups is 1. The van der Waals surface area contributed by atoms with Crippen LogP contribution in [-0.2, 0) is 13.1 Å². The van der Waals surface area contributed by atoms with Crippen LogP contribution in [0.3, 0.4) is 0 Å². The van der Waals surface area contributed by atoms with Crippen LogP contribution < -0.4 is 10.1 Å². The maximum absolute atomic E-state index is 12.3. The van der Waals surface area contributed by atoms with Crippen LogP contribution in [0.1, 0.15) is 33.4 Å². The number of benzene rings is 1. The number of carbonyl (C=O) groups excluding carboxylic acids is 1. The summed E-state index contributed by atoms with van der Waals surface area (Å²) in [5.41, 5.74) is 3.39. The van der Waals surface area contributed by atoms with Crippen molar-refractivity contribution in [1.82, 2.24) is 35.3 Å². The molecule has 1 aliphatic rings. The monoisotopic (exact) mass is 473 g/mol. The Kier molecular flexibility index (Phi) is 8.87. The van der Waals surface area contributed by atoms with Crippen LogP contribution in [0.2, 0.25) is 0 Å². The molecule has 1 aromatic carbocycles. The topological polar surface area (TPSA) is 112 Å². The highest BCUT2D eigenvalue weighted by Crippen LogP contribution is 2.23. The van der Waals surface area contributed by atoms with Crippen molar-refractivity contribution in [3.63, 3.8) is 0 Å².